The maximum atomic E-state index is 11.1. The van der Waals surface area contributed by atoms with Crippen LogP contribution in [0.15, 0.2) is 0 Å². The zero-order valence-electron chi connectivity index (χ0n) is 9.94. The number of carbonyl (C=O) groups is 1. The van der Waals surface area contributed by atoms with Crippen LogP contribution in [0.1, 0.15) is 19.3 Å². The van der Waals surface area contributed by atoms with Crippen LogP contribution >= 0.6 is 0 Å². The molecule has 0 radical (unpaired) electrons. The summed E-state index contributed by atoms with van der Waals surface area (Å²) in [6.07, 6.45) is 2.78. The van der Waals surface area contributed by atoms with Gasteiger partial charge in [0.2, 0.25) is 0 Å². The highest BCUT2D eigenvalue weighted by Gasteiger charge is 2.33. The molecule has 88 valence electrons. The number of aliphatic carboxylic acids is 1. The van der Waals surface area contributed by atoms with E-state index in [4.69, 9.17) is 5.11 Å². The zero-order chi connectivity index (χ0) is 11.4. The van der Waals surface area contributed by atoms with Crippen molar-refractivity contribution in [2.24, 2.45) is 5.92 Å². The molecule has 0 aromatic heterocycles. The summed E-state index contributed by atoms with van der Waals surface area (Å²) in [6, 6.07) is 0.207. The highest BCUT2D eigenvalue weighted by Crippen LogP contribution is 2.25. The number of hydrogen-bond donors (Lipinski definition) is 1. The highest BCUT2D eigenvalue weighted by molar-refractivity contribution is 5.71. The molecular weight excluding hydrogens is 192 g/mol. The minimum atomic E-state index is -0.634. The lowest BCUT2D eigenvalue weighted by molar-refractivity contribution is -0.145. The van der Waals surface area contributed by atoms with E-state index >= 15 is 0 Å². The second-order valence-corrected chi connectivity index (χ2v) is 4.73. The molecule has 1 N–H and O–H groups in total. The van der Waals surface area contributed by atoms with E-state index in [0.29, 0.717) is 0 Å². The summed E-state index contributed by atoms with van der Waals surface area (Å²) in [4.78, 5) is 15.4. The molecule has 0 bridgehead atoms. The summed E-state index contributed by atoms with van der Waals surface area (Å²) in [6.45, 7) is 1.99. The molecule has 4 heteroatoms. The van der Waals surface area contributed by atoms with Gasteiger partial charge in [0, 0.05) is 6.04 Å². The topological polar surface area (TPSA) is 43.8 Å². The van der Waals surface area contributed by atoms with E-state index in [1.165, 1.54) is 0 Å². The summed E-state index contributed by atoms with van der Waals surface area (Å²) < 4.78 is 0. The Bertz CT molecular complexity index is 219. The van der Waals surface area contributed by atoms with Crippen LogP contribution in [0, 0.1) is 5.92 Å². The SMILES string of the molecule is CN(C)CCC1C(C(=O)O)CCCN1C. The van der Waals surface area contributed by atoms with E-state index in [0.717, 1.165) is 32.4 Å². The van der Waals surface area contributed by atoms with E-state index in [1.807, 2.05) is 21.1 Å². The lowest BCUT2D eigenvalue weighted by atomic mass is 9.87. The van der Waals surface area contributed by atoms with Crippen LogP contribution in [-0.2, 0) is 4.79 Å². The summed E-state index contributed by atoms with van der Waals surface area (Å²) in [7, 11) is 6.09. The Labute approximate surface area is 91.9 Å². The van der Waals surface area contributed by atoms with Crippen molar-refractivity contribution in [3.63, 3.8) is 0 Å². The van der Waals surface area contributed by atoms with Gasteiger partial charge in [-0.3, -0.25) is 4.79 Å². The monoisotopic (exact) mass is 214 g/mol. The average molecular weight is 214 g/mol. The highest BCUT2D eigenvalue weighted by atomic mass is 16.4. The Morgan fingerprint density at radius 1 is 1.53 bits per heavy atom. The molecule has 1 rings (SSSR count). The number of hydrogen-bond acceptors (Lipinski definition) is 3. The molecular formula is C11H22N2O2. The lowest BCUT2D eigenvalue weighted by Crippen LogP contribution is -2.47. The normalized spacial score (nSPS) is 28.3. The number of likely N-dealkylation sites (tertiary alicyclic amines) is 1. The van der Waals surface area contributed by atoms with Gasteiger partial charge in [-0.25, -0.2) is 0 Å². The fourth-order valence-electron chi connectivity index (χ4n) is 2.33. The summed E-state index contributed by atoms with van der Waals surface area (Å²) in [5.41, 5.74) is 0. The molecule has 1 heterocycles. The molecule has 0 aromatic carbocycles. The Hall–Kier alpha value is -0.610. The Kier molecular flexibility index (Phi) is 4.54. The molecule has 0 saturated carbocycles. The quantitative estimate of drug-likeness (QED) is 0.749. The molecule has 1 aliphatic rings. The molecule has 4 nitrogen and oxygen atoms in total. The molecule has 0 aliphatic carbocycles. The van der Waals surface area contributed by atoms with Gasteiger partial charge in [-0.2, -0.15) is 0 Å². The number of nitrogens with zero attached hydrogens (tertiary/aromatic N) is 2. The first kappa shape index (κ1) is 12.5. The standard InChI is InChI=1S/C11H22N2O2/c1-12(2)8-6-10-9(11(14)15)5-4-7-13(10)3/h9-10H,4-8H2,1-3H3,(H,14,15). The van der Waals surface area contributed by atoms with Crippen LogP contribution in [-0.4, -0.2) is 61.2 Å². The molecule has 15 heavy (non-hydrogen) atoms. The van der Waals surface area contributed by atoms with Gasteiger partial charge in [-0.1, -0.05) is 0 Å². The fraction of sp³-hybridized carbons (Fsp3) is 0.909. The lowest BCUT2D eigenvalue weighted by Gasteiger charge is -2.37. The number of carboxylic acids is 1. The Morgan fingerprint density at radius 3 is 2.73 bits per heavy atom. The van der Waals surface area contributed by atoms with Crippen molar-refractivity contribution < 1.29 is 9.90 Å². The molecule has 0 amide bonds. The molecule has 1 aliphatic heterocycles. The molecule has 2 unspecified atom stereocenters. The van der Waals surface area contributed by atoms with Gasteiger partial charge in [-0.15, -0.1) is 0 Å². The third kappa shape index (κ3) is 3.47. The van der Waals surface area contributed by atoms with Crippen molar-refractivity contribution in [2.75, 3.05) is 34.2 Å². The van der Waals surface area contributed by atoms with Crippen LogP contribution in [0.2, 0.25) is 0 Å². The largest absolute Gasteiger partial charge is 0.481 e. The maximum Gasteiger partial charge on any atom is 0.308 e. The summed E-state index contributed by atoms with van der Waals surface area (Å²) in [5, 5.41) is 9.15. The smallest absolute Gasteiger partial charge is 0.308 e. The third-order valence-corrected chi connectivity index (χ3v) is 3.25. The van der Waals surface area contributed by atoms with Crippen molar-refractivity contribution in [3.8, 4) is 0 Å². The predicted octanol–water partition coefficient (Wildman–Crippen LogP) is 0.733. The zero-order valence-corrected chi connectivity index (χ0v) is 9.94. The minimum Gasteiger partial charge on any atom is -0.481 e. The summed E-state index contributed by atoms with van der Waals surface area (Å²) in [5.74, 6) is -0.811. The van der Waals surface area contributed by atoms with E-state index in [-0.39, 0.29) is 12.0 Å². The second-order valence-electron chi connectivity index (χ2n) is 4.73. The van der Waals surface area contributed by atoms with Gasteiger partial charge in [-0.05, 0) is 53.5 Å². The second kappa shape index (κ2) is 5.47. The van der Waals surface area contributed by atoms with Gasteiger partial charge in [0.15, 0.2) is 0 Å². The molecule has 1 saturated heterocycles. The van der Waals surface area contributed by atoms with Crippen molar-refractivity contribution in [2.45, 2.75) is 25.3 Å². The van der Waals surface area contributed by atoms with Crippen LogP contribution < -0.4 is 0 Å². The Balaban J connectivity index is 2.56. The van der Waals surface area contributed by atoms with Crippen LogP contribution in [0.25, 0.3) is 0 Å². The Morgan fingerprint density at radius 2 is 2.20 bits per heavy atom. The number of carboxylic acid groups (broad SMARTS) is 1. The van der Waals surface area contributed by atoms with Crippen LogP contribution in [0.4, 0.5) is 0 Å². The first-order valence-electron chi connectivity index (χ1n) is 5.60. The van der Waals surface area contributed by atoms with E-state index in [2.05, 4.69) is 9.80 Å². The molecule has 0 aromatic rings. The van der Waals surface area contributed by atoms with Crippen molar-refractivity contribution in [1.29, 1.82) is 0 Å². The van der Waals surface area contributed by atoms with Crippen LogP contribution in [0.5, 0.6) is 0 Å². The minimum absolute atomic E-state index is 0.177. The number of rotatable bonds is 4. The third-order valence-electron chi connectivity index (χ3n) is 3.25. The first-order valence-corrected chi connectivity index (χ1v) is 5.60. The molecule has 0 spiro atoms. The van der Waals surface area contributed by atoms with Crippen molar-refractivity contribution in [1.82, 2.24) is 9.80 Å². The molecule has 2 atom stereocenters. The fourth-order valence-corrected chi connectivity index (χ4v) is 2.33. The van der Waals surface area contributed by atoms with Gasteiger partial charge in [0.25, 0.3) is 0 Å². The maximum absolute atomic E-state index is 11.1. The van der Waals surface area contributed by atoms with Gasteiger partial charge < -0.3 is 14.9 Å². The van der Waals surface area contributed by atoms with Crippen LogP contribution in [0.3, 0.4) is 0 Å². The average Bonchev–Trinajstić information content (AvgIpc) is 2.15. The van der Waals surface area contributed by atoms with Gasteiger partial charge >= 0.3 is 5.97 Å². The van der Waals surface area contributed by atoms with Crippen molar-refractivity contribution in [3.05, 3.63) is 0 Å². The van der Waals surface area contributed by atoms with E-state index in [9.17, 15) is 4.79 Å². The van der Waals surface area contributed by atoms with Crippen molar-refractivity contribution >= 4 is 5.97 Å². The predicted molar refractivity (Wildman–Crippen MR) is 59.9 cm³/mol. The van der Waals surface area contributed by atoms with E-state index in [1.54, 1.807) is 0 Å². The molecule has 1 fully saturated rings. The van der Waals surface area contributed by atoms with Gasteiger partial charge in [0.1, 0.15) is 0 Å². The van der Waals surface area contributed by atoms with Gasteiger partial charge in [0.05, 0.1) is 5.92 Å². The van der Waals surface area contributed by atoms with E-state index < -0.39 is 5.97 Å². The first-order chi connectivity index (χ1) is 7.02. The summed E-state index contributed by atoms with van der Waals surface area (Å²) >= 11 is 0. The number of piperidine rings is 1.